The smallest absolute Gasteiger partial charge is 0.167 e. The van der Waals surface area contributed by atoms with Gasteiger partial charge in [-0.2, -0.15) is 0 Å². The molecule has 12 rings (SSSR count). The van der Waals surface area contributed by atoms with E-state index >= 15 is 0 Å². The molecule has 12 aromatic rings. The van der Waals surface area contributed by atoms with Crippen LogP contribution < -0.4 is 0 Å². The van der Waals surface area contributed by atoms with Gasteiger partial charge in [-0.05, 0) is 53.6 Å². The molecule has 5 nitrogen and oxygen atoms in total. The fourth-order valence-corrected chi connectivity index (χ4v) is 9.49. The number of para-hydroxylation sites is 2. The van der Waals surface area contributed by atoms with E-state index in [-0.39, 0.29) is 17.2 Å². The van der Waals surface area contributed by atoms with Crippen molar-refractivity contribution < 1.29 is 11.3 Å². The zero-order valence-corrected chi connectivity index (χ0v) is 30.9. The summed E-state index contributed by atoms with van der Waals surface area (Å²) in [5.41, 5.74) is 7.29. The van der Waals surface area contributed by atoms with Gasteiger partial charge in [0.15, 0.2) is 17.5 Å². The van der Waals surface area contributed by atoms with E-state index in [1.54, 1.807) is 11.3 Å². The molecule has 8 aromatic carbocycles. The van der Waals surface area contributed by atoms with E-state index in [4.69, 9.17) is 26.2 Å². The molecule has 0 spiro atoms. The molecule has 0 bridgehead atoms. The lowest BCUT2D eigenvalue weighted by Gasteiger charge is -2.13. The van der Waals surface area contributed by atoms with Gasteiger partial charge in [0.05, 0.1) is 23.5 Å². The van der Waals surface area contributed by atoms with Crippen LogP contribution in [-0.2, 0) is 0 Å². The Morgan fingerprint density at radius 3 is 1.91 bits per heavy atom. The predicted molar refractivity (Wildman–Crippen MR) is 236 cm³/mol. The highest BCUT2D eigenvalue weighted by atomic mass is 32.1. The Bertz CT molecular complexity index is 3760. The van der Waals surface area contributed by atoms with Crippen molar-refractivity contribution in [2.45, 2.75) is 0 Å². The summed E-state index contributed by atoms with van der Waals surface area (Å²) in [6, 6.07) is 49.1. The maximum absolute atomic E-state index is 9.03. The number of thiophene rings is 1. The van der Waals surface area contributed by atoms with E-state index < -0.39 is 30.2 Å². The number of rotatable bonds is 5. The summed E-state index contributed by atoms with van der Waals surface area (Å²) in [7, 11) is 0. The van der Waals surface area contributed by atoms with Crippen molar-refractivity contribution in [3.8, 4) is 51.0 Å². The van der Waals surface area contributed by atoms with E-state index in [0.29, 0.717) is 22.6 Å². The largest absolute Gasteiger partial charge is 0.455 e. The summed E-state index contributed by atoms with van der Waals surface area (Å²) in [6.45, 7) is 0. The Balaban J connectivity index is 1.23. The maximum atomic E-state index is 9.03. The van der Waals surface area contributed by atoms with Crippen molar-refractivity contribution in [3.05, 3.63) is 182 Å². The first-order valence-electron chi connectivity index (χ1n) is 21.1. The van der Waals surface area contributed by atoms with Crippen LogP contribution in [0.15, 0.2) is 186 Å². The third-order valence-electron chi connectivity index (χ3n) is 10.7. The van der Waals surface area contributed by atoms with Gasteiger partial charge in [0.1, 0.15) is 11.2 Å². The van der Waals surface area contributed by atoms with Crippen LogP contribution >= 0.6 is 11.3 Å². The first-order chi connectivity index (χ1) is 30.3. The van der Waals surface area contributed by atoms with Crippen molar-refractivity contribution in [3.63, 3.8) is 0 Å². The Hall–Kier alpha value is -7.41. The topological polar surface area (TPSA) is 56.7 Å². The molecule has 0 saturated heterocycles. The molecule has 0 N–H and O–H groups in total. The molecule has 57 heavy (non-hydrogen) atoms. The molecule has 0 aliphatic carbocycles. The van der Waals surface area contributed by atoms with E-state index in [1.165, 1.54) is 0 Å². The molecule has 0 aliphatic rings. The second kappa shape index (κ2) is 12.6. The summed E-state index contributed by atoms with van der Waals surface area (Å²) in [6.07, 6.45) is 0. The number of nitrogens with zero attached hydrogens (tertiary/aromatic N) is 4. The molecule has 266 valence electrons. The van der Waals surface area contributed by atoms with Crippen LogP contribution in [0.1, 0.15) is 6.85 Å². The highest BCUT2D eigenvalue weighted by molar-refractivity contribution is 7.26. The zero-order valence-electron chi connectivity index (χ0n) is 35.0. The molecule has 0 unspecified atom stereocenters. The molecular weight excluding hydrogens is 717 g/mol. The summed E-state index contributed by atoms with van der Waals surface area (Å²) < 4.78 is 54.8. The van der Waals surface area contributed by atoms with Crippen molar-refractivity contribution >= 4 is 75.3 Å². The molecule has 0 radical (unpaired) electrons. The fourth-order valence-electron chi connectivity index (χ4n) is 8.28. The number of fused-ring (bicyclic) bond motifs is 9. The van der Waals surface area contributed by atoms with E-state index in [0.717, 1.165) is 75.1 Å². The number of hydrogen-bond acceptors (Lipinski definition) is 5. The van der Waals surface area contributed by atoms with Crippen molar-refractivity contribution in [2.75, 3.05) is 0 Å². The molecule has 4 heterocycles. The average Bonchev–Trinajstić information content (AvgIpc) is 4.00. The van der Waals surface area contributed by atoms with Gasteiger partial charge in [-0.1, -0.05) is 139 Å². The fraction of sp³-hybridized carbons (Fsp3) is 0. The lowest BCUT2D eigenvalue weighted by molar-refractivity contribution is 0.669. The molecule has 0 fully saturated rings. The lowest BCUT2D eigenvalue weighted by atomic mass is 9.98. The minimum absolute atomic E-state index is 0.0448. The Kier molecular flexibility index (Phi) is 6.00. The van der Waals surface area contributed by atoms with Gasteiger partial charge in [0.25, 0.3) is 0 Å². The minimum atomic E-state index is -0.495. The Morgan fingerprint density at radius 2 is 1.12 bits per heavy atom. The second-order valence-corrected chi connectivity index (χ2v) is 15.0. The Morgan fingerprint density at radius 1 is 0.491 bits per heavy atom. The molecule has 0 atom stereocenters. The summed E-state index contributed by atoms with van der Waals surface area (Å²) in [4.78, 5) is 15.3. The second-order valence-electron chi connectivity index (χ2n) is 14.0. The standard InChI is InChI=1S/C51H30N4OS/c1-3-15-31(16-4-1)34-22-14-27-44-46(34)40-29-33(55-42-25-10-7-19-35(42)36-20-8-11-26-43(36)55)30-41(47(40)56-44)51-53-49(32-17-5-2-6-18-32)52-50(54-51)39-24-13-23-38-37-21-9-12-28-45(37)57-48(38)39/h1-30H/i2D,5D,6D,17D,18D. The number of aromatic nitrogens is 4. The molecular formula is C51H30N4OS. The Labute approximate surface area is 337 Å². The van der Waals surface area contributed by atoms with Crippen LogP contribution in [0, 0.1) is 0 Å². The first kappa shape index (κ1) is 27.2. The van der Waals surface area contributed by atoms with Gasteiger partial charge < -0.3 is 8.98 Å². The van der Waals surface area contributed by atoms with Crippen molar-refractivity contribution in [1.29, 1.82) is 0 Å². The zero-order chi connectivity index (χ0) is 41.8. The molecule has 6 heteroatoms. The molecule has 0 saturated carbocycles. The summed E-state index contributed by atoms with van der Waals surface area (Å²) in [5.74, 6) is 0.477. The monoisotopic (exact) mass is 751 g/mol. The minimum Gasteiger partial charge on any atom is -0.455 e. The van der Waals surface area contributed by atoms with Crippen molar-refractivity contribution in [2.24, 2.45) is 0 Å². The quantitative estimate of drug-likeness (QED) is 0.176. The average molecular weight is 752 g/mol. The van der Waals surface area contributed by atoms with Crippen LogP contribution in [-0.4, -0.2) is 19.5 Å². The third kappa shape index (κ3) is 4.98. The van der Waals surface area contributed by atoms with Crippen LogP contribution in [0.3, 0.4) is 0 Å². The normalized spacial score (nSPS) is 13.1. The van der Waals surface area contributed by atoms with Gasteiger partial charge >= 0.3 is 0 Å². The first-order valence-corrected chi connectivity index (χ1v) is 19.4. The maximum Gasteiger partial charge on any atom is 0.167 e. The molecule has 0 amide bonds. The van der Waals surface area contributed by atoms with E-state index in [9.17, 15) is 0 Å². The van der Waals surface area contributed by atoms with E-state index in [2.05, 4.69) is 71.3 Å². The summed E-state index contributed by atoms with van der Waals surface area (Å²) in [5, 5.41) is 6.12. The SMILES string of the molecule is [2H]c1c([2H])c([2H])c(-c2nc(-c3cc(-n4c5ccccc5c5ccccc54)cc4c3oc3cccc(-c5ccccc5)c34)nc(-c3cccc4c3sc3ccccc34)n2)c([2H])c1[2H]. The highest BCUT2D eigenvalue weighted by Crippen LogP contribution is 2.44. The van der Waals surface area contributed by atoms with Crippen molar-refractivity contribution in [1.82, 2.24) is 19.5 Å². The van der Waals surface area contributed by atoms with Crippen LogP contribution in [0.25, 0.3) is 115 Å². The van der Waals surface area contributed by atoms with Gasteiger partial charge in [-0.15, -0.1) is 11.3 Å². The predicted octanol–water partition coefficient (Wildman–Crippen LogP) is 13.9. The van der Waals surface area contributed by atoms with Gasteiger partial charge in [0, 0.05) is 58.5 Å². The van der Waals surface area contributed by atoms with Crippen LogP contribution in [0.2, 0.25) is 0 Å². The molecule has 0 aliphatic heterocycles. The molecule has 4 aromatic heterocycles. The van der Waals surface area contributed by atoms with Gasteiger partial charge in [0.2, 0.25) is 0 Å². The highest BCUT2D eigenvalue weighted by Gasteiger charge is 2.23. The third-order valence-corrected chi connectivity index (χ3v) is 12.0. The number of benzene rings is 8. The van der Waals surface area contributed by atoms with Gasteiger partial charge in [-0.3, -0.25) is 0 Å². The van der Waals surface area contributed by atoms with Gasteiger partial charge in [-0.25, -0.2) is 15.0 Å². The lowest BCUT2D eigenvalue weighted by Crippen LogP contribution is -2.01. The van der Waals surface area contributed by atoms with Crippen LogP contribution in [0.5, 0.6) is 0 Å². The number of furan rings is 1. The number of hydrogen-bond donors (Lipinski definition) is 0. The van der Waals surface area contributed by atoms with E-state index in [1.807, 2.05) is 84.9 Å². The van der Waals surface area contributed by atoms with Crippen LogP contribution in [0.4, 0.5) is 0 Å². The summed E-state index contributed by atoms with van der Waals surface area (Å²) >= 11 is 1.63.